The average molecular weight is 596 g/mol. The lowest BCUT2D eigenvalue weighted by Gasteiger charge is -2.33. The average Bonchev–Trinajstić information content (AvgIpc) is 2.95. The van der Waals surface area contributed by atoms with Gasteiger partial charge in [-0.2, -0.15) is 0 Å². The summed E-state index contributed by atoms with van der Waals surface area (Å²) in [6, 6.07) is 19.9. The summed E-state index contributed by atoms with van der Waals surface area (Å²) in [5.41, 5.74) is 2.94. The van der Waals surface area contributed by atoms with Crippen molar-refractivity contribution >= 4 is 39.1 Å². The third kappa shape index (κ3) is 7.89. The van der Waals surface area contributed by atoms with Gasteiger partial charge in [0.2, 0.25) is 11.8 Å². The Hall–Kier alpha value is -3.36. The highest BCUT2D eigenvalue weighted by Gasteiger charge is 2.33. The molecule has 0 heterocycles. The number of sulfonamides is 1. The van der Waals surface area contributed by atoms with Crippen molar-refractivity contribution in [2.24, 2.45) is 0 Å². The van der Waals surface area contributed by atoms with E-state index in [0.717, 1.165) is 53.1 Å². The molecule has 2 amide bonds. The van der Waals surface area contributed by atoms with Crippen LogP contribution in [0.25, 0.3) is 0 Å². The number of hydrogen-bond acceptors (Lipinski definition) is 4. The number of amides is 2. The SMILES string of the molecule is Cc1ccc(S(=O)(=O)N(CC(=O)N(Cc2ccc(Cl)cc2)[C@@H](C)C(=O)NC2CCCCC2)c2cccc(C)c2)cc1. The van der Waals surface area contributed by atoms with Gasteiger partial charge < -0.3 is 10.2 Å². The van der Waals surface area contributed by atoms with Crippen LogP contribution >= 0.6 is 11.6 Å². The number of carbonyl (C=O) groups excluding carboxylic acids is 2. The third-order valence-corrected chi connectivity index (χ3v) is 9.60. The van der Waals surface area contributed by atoms with E-state index in [1.165, 1.54) is 4.90 Å². The second-order valence-corrected chi connectivity index (χ2v) is 13.1. The molecule has 41 heavy (non-hydrogen) atoms. The topological polar surface area (TPSA) is 86.8 Å². The van der Waals surface area contributed by atoms with Gasteiger partial charge in [-0.1, -0.05) is 72.8 Å². The van der Waals surface area contributed by atoms with Crippen molar-refractivity contribution < 1.29 is 18.0 Å². The summed E-state index contributed by atoms with van der Waals surface area (Å²) in [4.78, 5) is 29.0. The Bertz CT molecular complexity index is 1450. The van der Waals surface area contributed by atoms with Crippen LogP contribution in [0.15, 0.2) is 77.7 Å². The van der Waals surface area contributed by atoms with Crippen molar-refractivity contribution in [1.82, 2.24) is 10.2 Å². The fourth-order valence-electron chi connectivity index (χ4n) is 5.09. The van der Waals surface area contributed by atoms with Crippen LogP contribution in [0.4, 0.5) is 5.69 Å². The summed E-state index contributed by atoms with van der Waals surface area (Å²) < 4.78 is 29.0. The summed E-state index contributed by atoms with van der Waals surface area (Å²) >= 11 is 6.08. The Labute approximate surface area is 248 Å². The van der Waals surface area contributed by atoms with E-state index < -0.39 is 28.5 Å². The first-order valence-electron chi connectivity index (χ1n) is 14.0. The number of nitrogens with one attached hydrogen (secondary N) is 1. The monoisotopic (exact) mass is 595 g/mol. The first-order valence-corrected chi connectivity index (χ1v) is 15.9. The first kappa shape index (κ1) is 30.6. The van der Waals surface area contributed by atoms with Gasteiger partial charge in [-0.25, -0.2) is 8.42 Å². The number of benzene rings is 3. The minimum absolute atomic E-state index is 0.0805. The Kier molecular flexibility index (Phi) is 10.1. The molecule has 0 saturated heterocycles. The molecule has 0 aromatic heterocycles. The number of carbonyl (C=O) groups is 2. The number of rotatable bonds is 10. The number of nitrogens with zero attached hydrogens (tertiary/aromatic N) is 2. The van der Waals surface area contributed by atoms with Gasteiger partial charge in [0.25, 0.3) is 10.0 Å². The quantitative estimate of drug-likeness (QED) is 0.311. The molecule has 218 valence electrons. The van der Waals surface area contributed by atoms with E-state index in [0.29, 0.717) is 10.7 Å². The van der Waals surface area contributed by atoms with Crippen molar-refractivity contribution in [2.75, 3.05) is 10.8 Å². The fourth-order valence-corrected chi connectivity index (χ4v) is 6.62. The highest BCUT2D eigenvalue weighted by molar-refractivity contribution is 7.92. The molecule has 0 spiro atoms. The Morgan fingerprint density at radius 3 is 2.22 bits per heavy atom. The predicted octanol–water partition coefficient (Wildman–Crippen LogP) is 6.02. The molecule has 3 aromatic carbocycles. The zero-order valence-corrected chi connectivity index (χ0v) is 25.4. The van der Waals surface area contributed by atoms with E-state index in [1.807, 2.05) is 19.9 Å². The summed E-state index contributed by atoms with van der Waals surface area (Å²) in [6.45, 7) is 5.10. The van der Waals surface area contributed by atoms with Crippen molar-refractivity contribution in [1.29, 1.82) is 0 Å². The van der Waals surface area contributed by atoms with Crippen molar-refractivity contribution in [3.63, 3.8) is 0 Å². The lowest BCUT2D eigenvalue weighted by Crippen LogP contribution is -2.53. The van der Waals surface area contributed by atoms with Gasteiger partial charge >= 0.3 is 0 Å². The number of halogens is 1. The van der Waals surface area contributed by atoms with Crippen LogP contribution < -0.4 is 9.62 Å². The van der Waals surface area contributed by atoms with E-state index >= 15 is 0 Å². The van der Waals surface area contributed by atoms with Gasteiger partial charge in [-0.3, -0.25) is 13.9 Å². The smallest absolute Gasteiger partial charge is 0.264 e. The normalized spacial score (nSPS) is 14.7. The molecule has 0 unspecified atom stereocenters. The standard InChI is InChI=1S/C32H38ClN3O4S/c1-23-12-18-30(19-13-23)41(39,40)36(29-11-7-8-24(2)20-29)22-31(37)35(21-26-14-16-27(33)17-15-26)25(3)32(38)34-28-9-5-4-6-10-28/h7-8,11-20,25,28H,4-6,9-10,21-22H2,1-3H3,(H,34,38)/t25-/m0/s1. The van der Waals surface area contributed by atoms with Crippen molar-refractivity contribution in [3.8, 4) is 0 Å². The molecule has 1 aliphatic carbocycles. The van der Waals surface area contributed by atoms with E-state index in [-0.39, 0.29) is 23.4 Å². The number of aryl methyl sites for hydroxylation is 2. The van der Waals surface area contributed by atoms with Gasteiger partial charge in [0.15, 0.2) is 0 Å². The van der Waals surface area contributed by atoms with Crippen LogP contribution in [-0.2, 0) is 26.2 Å². The van der Waals surface area contributed by atoms with E-state index in [1.54, 1.807) is 73.7 Å². The second kappa shape index (κ2) is 13.5. The highest BCUT2D eigenvalue weighted by Crippen LogP contribution is 2.26. The fraction of sp³-hybridized carbons (Fsp3) is 0.375. The molecule has 1 aliphatic rings. The second-order valence-electron chi connectivity index (χ2n) is 10.8. The Balaban J connectivity index is 1.67. The third-order valence-electron chi connectivity index (χ3n) is 7.56. The van der Waals surface area contributed by atoms with Gasteiger partial charge in [-0.05, 0) is 81.1 Å². The number of hydrogen-bond donors (Lipinski definition) is 1. The number of anilines is 1. The first-order chi connectivity index (χ1) is 19.5. The van der Waals surface area contributed by atoms with Gasteiger partial charge in [-0.15, -0.1) is 0 Å². The molecule has 1 saturated carbocycles. The van der Waals surface area contributed by atoms with Crippen LogP contribution in [0.1, 0.15) is 55.7 Å². The molecule has 4 rings (SSSR count). The molecule has 1 fully saturated rings. The summed E-state index contributed by atoms with van der Waals surface area (Å²) in [7, 11) is -4.10. The summed E-state index contributed by atoms with van der Waals surface area (Å²) in [6.07, 6.45) is 5.12. The molecule has 9 heteroatoms. The van der Waals surface area contributed by atoms with E-state index in [9.17, 15) is 18.0 Å². The molecule has 0 aliphatic heterocycles. The van der Waals surface area contributed by atoms with E-state index in [2.05, 4.69) is 5.32 Å². The van der Waals surface area contributed by atoms with Crippen molar-refractivity contribution in [3.05, 3.63) is 94.5 Å². The minimum atomic E-state index is -4.10. The molecular formula is C32H38ClN3O4S. The lowest BCUT2D eigenvalue weighted by atomic mass is 9.95. The minimum Gasteiger partial charge on any atom is -0.352 e. The Morgan fingerprint density at radius 2 is 1.59 bits per heavy atom. The van der Waals surface area contributed by atoms with Gasteiger partial charge in [0.1, 0.15) is 12.6 Å². The molecule has 1 N–H and O–H groups in total. The molecule has 3 aromatic rings. The largest absolute Gasteiger partial charge is 0.352 e. The molecule has 0 radical (unpaired) electrons. The van der Waals surface area contributed by atoms with Crippen LogP contribution in [0.3, 0.4) is 0 Å². The van der Waals surface area contributed by atoms with Crippen molar-refractivity contribution in [2.45, 2.75) is 76.4 Å². The molecular weight excluding hydrogens is 558 g/mol. The maximum atomic E-state index is 14.1. The molecule has 7 nitrogen and oxygen atoms in total. The zero-order valence-electron chi connectivity index (χ0n) is 23.8. The molecule has 0 bridgehead atoms. The lowest BCUT2D eigenvalue weighted by molar-refractivity contribution is -0.139. The maximum Gasteiger partial charge on any atom is 0.264 e. The predicted molar refractivity (Wildman–Crippen MR) is 163 cm³/mol. The van der Waals surface area contributed by atoms with Crippen LogP contribution in [0.2, 0.25) is 5.02 Å². The van der Waals surface area contributed by atoms with Gasteiger partial charge in [0, 0.05) is 17.6 Å². The van der Waals surface area contributed by atoms with Crippen LogP contribution in [0.5, 0.6) is 0 Å². The maximum absolute atomic E-state index is 14.1. The Morgan fingerprint density at radius 1 is 0.927 bits per heavy atom. The summed E-state index contributed by atoms with van der Waals surface area (Å²) in [5.74, 6) is -0.730. The van der Waals surface area contributed by atoms with E-state index in [4.69, 9.17) is 11.6 Å². The van der Waals surface area contributed by atoms with Crippen LogP contribution in [-0.4, -0.2) is 43.8 Å². The van der Waals surface area contributed by atoms with Crippen LogP contribution in [0, 0.1) is 13.8 Å². The zero-order chi connectivity index (χ0) is 29.6. The molecule has 1 atom stereocenters. The summed E-state index contributed by atoms with van der Waals surface area (Å²) in [5, 5.41) is 3.68. The van der Waals surface area contributed by atoms with Gasteiger partial charge in [0.05, 0.1) is 10.6 Å². The highest BCUT2D eigenvalue weighted by atomic mass is 35.5.